The van der Waals surface area contributed by atoms with E-state index in [2.05, 4.69) is 6.92 Å². The molecule has 1 fully saturated rings. The smallest absolute Gasteiger partial charge is 0.337 e. The number of hydrogen-bond donors (Lipinski definition) is 1. The van der Waals surface area contributed by atoms with Crippen molar-refractivity contribution < 1.29 is 14.7 Å². The van der Waals surface area contributed by atoms with E-state index < -0.39 is 5.97 Å². The van der Waals surface area contributed by atoms with Crippen molar-refractivity contribution in [2.24, 2.45) is 5.92 Å². The number of amides is 2. The second-order valence-corrected chi connectivity index (χ2v) is 5.84. The van der Waals surface area contributed by atoms with Crippen molar-refractivity contribution in [3.63, 3.8) is 0 Å². The van der Waals surface area contributed by atoms with E-state index >= 15 is 0 Å². The van der Waals surface area contributed by atoms with Gasteiger partial charge in [0, 0.05) is 19.6 Å². The predicted molar refractivity (Wildman–Crippen MR) is 81.8 cm³/mol. The molecule has 2 amide bonds. The summed E-state index contributed by atoms with van der Waals surface area (Å²) in [6, 6.07) is 6.63. The Bertz CT molecular complexity index is 544. The third-order valence-corrected chi connectivity index (χ3v) is 4.17. The Kier molecular flexibility index (Phi) is 4.50. The fourth-order valence-electron chi connectivity index (χ4n) is 2.93. The molecule has 5 heteroatoms. The SMILES string of the molecule is CC1CCN(C(=O)N(C)c2ccccc2C(=O)O)C(C)C1. The summed E-state index contributed by atoms with van der Waals surface area (Å²) in [5, 5.41) is 9.24. The highest BCUT2D eigenvalue weighted by Gasteiger charge is 2.30. The molecular formula is C16H22N2O3. The van der Waals surface area contributed by atoms with E-state index in [1.54, 1.807) is 25.2 Å². The number of para-hydroxylation sites is 1. The minimum atomic E-state index is -1.02. The number of carbonyl (C=O) groups excluding carboxylic acids is 1. The normalized spacial score (nSPS) is 22.0. The summed E-state index contributed by atoms with van der Waals surface area (Å²) >= 11 is 0. The van der Waals surface area contributed by atoms with Crippen LogP contribution in [0.1, 0.15) is 37.0 Å². The van der Waals surface area contributed by atoms with Crippen LogP contribution in [-0.4, -0.2) is 41.6 Å². The Labute approximate surface area is 125 Å². The number of carboxylic acid groups (broad SMARTS) is 1. The van der Waals surface area contributed by atoms with Crippen LogP contribution in [-0.2, 0) is 0 Å². The summed E-state index contributed by atoms with van der Waals surface area (Å²) in [4.78, 5) is 27.2. The number of aromatic carboxylic acids is 1. The van der Waals surface area contributed by atoms with Gasteiger partial charge in [-0.15, -0.1) is 0 Å². The first-order valence-corrected chi connectivity index (χ1v) is 7.28. The molecular weight excluding hydrogens is 268 g/mol. The molecule has 1 aliphatic rings. The summed E-state index contributed by atoms with van der Waals surface area (Å²) in [6.45, 7) is 4.97. The van der Waals surface area contributed by atoms with Crippen LogP contribution in [0.2, 0.25) is 0 Å². The van der Waals surface area contributed by atoms with Gasteiger partial charge in [0.2, 0.25) is 0 Å². The standard InChI is InChI=1S/C16H22N2O3/c1-11-8-9-18(12(2)10-11)16(21)17(3)14-7-5-4-6-13(14)15(19)20/h4-7,11-12H,8-10H2,1-3H3,(H,19,20). The summed E-state index contributed by atoms with van der Waals surface area (Å²) in [5.41, 5.74) is 0.576. The number of carbonyl (C=O) groups is 2. The van der Waals surface area contributed by atoms with Crippen molar-refractivity contribution in [2.75, 3.05) is 18.5 Å². The maximum absolute atomic E-state index is 12.6. The van der Waals surface area contributed by atoms with E-state index in [0.717, 1.165) is 19.4 Å². The van der Waals surface area contributed by atoms with Crippen molar-refractivity contribution in [3.8, 4) is 0 Å². The number of benzene rings is 1. The number of likely N-dealkylation sites (tertiary alicyclic amines) is 1. The molecule has 1 saturated heterocycles. The van der Waals surface area contributed by atoms with Gasteiger partial charge in [-0.3, -0.25) is 4.90 Å². The molecule has 1 heterocycles. The molecule has 0 spiro atoms. The summed E-state index contributed by atoms with van der Waals surface area (Å²) in [6.07, 6.45) is 1.98. The van der Waals surface area contributed by atoms with Gasteiger partial charge >= 0.3 is 12.0 Å². The van der Waals surface area contributed by atoms with Crippen LogP contribution in [0.3, 0.4) is 0 Å². The number of urea groups is 1. The van der Waals surface area contributed by atoms with Gasteiger partial charge in [0.15, 0.2) is 0 Å². The lowest BCUT2D eigenvalue weighted by Gasteiger charge is -2.38. The van der Waals surface area contributed by atoms with Crippen molar-refractivity contribution in [2.45, 2.75) is 32.7 Å². The summed E-state index contributed by atoms with van der Waals surface area (Å²) in [5.74, 6) is -0.397. The Hall–Kier alpha value is -2.04. The Balaban J connectivity index is 2.22. The maximum Gasteiger partial charge on any atom is 0.337 e. The first-order valence-electron chi connectivity index (χ1n) is 7.28. The van der Waals surface area contributed by atoms with Gasteiger partial charge in [0.25, 0.3) is 0 Å². The predicted octanol–water partition coefficient (Wildman–Crippen LogP) is 3.06. The highest BCUT2D eigenvalue weighted by molar-refractivity contribution is 6.01. The van der Waals surface area contributed by atoms with Crippen LogP contribution in [0, 0.1) is 5.92 Å². The Morgan fingerprint density at radius 1 is 1.29 bits per heavy atom. The molecule has 0 saturated carbocycles. The third kappa shape index (κ3) is 3.17. The van der Waals surface area contributed by atoms with Crippen molar-refractivity contribution in [1.82, 2.24) is 4.90 Å². The zero-order valence-corrected chi connectivity index (χ0v) is 12.7. The average Bonchev–Trinajstić information content (AvgIpc) is 2.45. The van der Waals surface area contributed by atoms with Gasteiger partial charge in [0.05, 0.1) is 11.3 Å². The number of hydrogen-bond acceptors (Lipinski definition) is 2. The second-order valence-electron chi connectivity index (χ2n) is 5.84. The highest BCUT2D eigenvalue weighted by atomic mass is 16.4. The van der Waals surface area contributed by atoms with E-state index in [4.69, 9.17) is 0 Å². The molecule has 0 radical (unpaired) electrons. The maximum atomic E-state index is 12.6. The van der Waals surface area contributed by atoms with Crippen LogP contribution in [0.15, 0.2) is 24.3 Å². The van der Waals surface area contributed by atoms with E-state index in [0.29, 0.717) is 11.6 Å². The molecule has 2 atom stereocenters. The molecule has 1 aliphatic heterocycles. The topological polar surface area (TPSA) is 60.9 Å². The Morgan fingerprint density at radius 3 is 2.57 bits per heavy atom. The molecule has 1 N–H and O–H groups in total. The zero-order valence-electron chi connectivity index (χ0n) is 12.7. The number of carboxylic acids is 1. The van der Waals surface area contributed by atoms with Gasteiger partial charge in [0.1, 0.15) is 0 Å². The molecule has 2 unspecified atom stereocenters. The number of nitrogens with zero attached hydrogens (tertiary/aromatic N) is 2. The van der Waals surface area contributed by atoms with Crippen molar-refractivity contribution in [1.29, 1.82) is 0 Å². The zero-order chi connectivity index (χ0) is 15.6. The average molecular weight is 290 g/mol. The number of anilines is 1. The van der Waals surface area contributed by atoms with Crippen LogP contribution in [0.5, 0.6) is 0 Å². The van der Waals surface area contributed by atoms with Crippen LogP contribution in [0.25, 0.3) is 0 Å². The molecule has 0 aliphatic carbocycles. The van der Waals surface area contributed by atoms with Gasteiger partial charge in [-0.2, -0.15) is 0 Å². The molecule has 1 aromatic rings. The van der Waals surface area contributed by atoms with Crippen molar-refractivity contribution >= 4 is 17.7 Å². The summed E-state index contributed by atoms with van der Waals surface area (Å²) < 4.78 is 0. The fourth-order valence-corrected chi connectivity index (χ4v) is 2.93. The van der Waals surface area contributed by atoms with E-state index in [9.17, 15) is 14.7 Å². The third-order valence-electron chi connectivity index (χ3n) is 4.17. The number of piperidine rings is 1. The minimum Gasteiger partial charge on any atom is -0.478 e. The first-order chi connectivity index (χ1) is 9.91. The molecule has 1 aromatic carbocycles. The van der Waals surface area contributed by atoms with E-state index in [-0.39, 0.29) is 17.6 Å². The Morgan fingerprint density at radius 2 is 1.95 bits per heavy atom. The lowest BCUT2D eigenvalue weighted by Crippen LogP contribution is -2.49. The van der Waals surface area contributed by atoms with Crippen molar-refractivity contribution in [3.05, 3.63) is 29.8 Å². The fraction of sp³-hybridized carbons (Fsp3) is 0.500. The van der Waals surface area contributed by atoms with Crippen LogP contribution < -0.4 is 4.90 Å². The highest BCUT2D eigenvalue weighted by Crippen LogP contribution is 2.26. The van der Waals surface area contributed by atoms with E-state index in [1.165, 1.54) is 11.0 Å². The van der Waals surface area contributed by atoms with E-state index in [1.807, 2.05) is 11.8 Å². The summed E-state index contributed by atoms with van der Waals surface area (Å²) in [7, 11) is 1.63. The molecule has 5 nitrogen and oxygen atoms in total. The molecule has 2 rings (SSSR count). The largest absolute Gasteiger partial charge is 0.478 e. The van der Waals surface area contributed by atoms with Gasteiger partial charge < -0.3 is 10.0 Å². The quantitative estimate of drug-likeness (QED) is 0.910. The number of rotatable bonds is 2. The minimum absolute atomic E-state index is 0.136. The first kappa shape index (κ1) is 15.4. The van der Waals surface area contributed by atoms with Gasteiger partial charge in [-0.25, -0.2) is 9.59 Å². The van der Waals surface area contributed by atoms with Crippen LogP contribution >= 0.6 is 0 Å². The lowest BCUT2D eigenvalue weighted by atomic mass is 9.94. The van der Waals surface area contributed by atoms with Crippen LogP contribution in [0.4, 0.5) is 10.5 Å². The lowest BCUT2D eigenvalue weighted by molar-refractivity contribution is 0.0697. The van der Waals surface area contributed by atoms with Gasteiger partial charge in [-0.05, 0) is 37.8 Å². The molecule has 0 aromatic heterocycles. The van der Waals surface area contributed by atoms with Gasteiger partial charge in [-0.1, -0.05) is 19.1 Å². The molecule has 0 bridgehead atoms. The second kappa shape index (κ2) is 6.16. The molecule has 114 valence electrons. The molecule has 21 heavy (non-hydrogen) atoms. The monoisotopic (exact) mass is 290 g/mol.